The average molecular weight is 783 g/mol. The van der Waals surface area contributed by atoms with Gasteiger partial charge in [0.25, 0.3) is 0 Å². The first-order valence-corrected chi connectivity index (χ1v) is 22.4. The molecule has 1 heterocycles. The van der Waals surface area contributed by atoms with Crippen LogP contribution in [0.5, 0.6) is 0 Å². The van der Waals surface area contributed by atoms with Crippen LogP contribution in [0.3, 0.4) is 0 Å². The number of carbonyl (C=O) groups excluding carboxylic acids is 2. The molecule has 2 unspecified atom stereocenters. The second-order valence-corrected chi connectivity index (χ2v) is 15.5. The number of aliphatic hydroxyl groups is 4. The monoisotopic (exact) mass is 783 g/mol. The van der Waals surface area contributed by atoms with E-state index in [2.05, 4.69) is 32.1 Å². The third-order valence-corrected chi connectivity index (χ3v) is 10.3. The molecular weight excluding hydrogens is 700 g/mol. The van der Waals surface area contributed by atoms with Gasteiger partial charge in [0.1, 0.15) is 31.0 Å². The molecule has 10 heteroatoms. The fourth-order valence-electron chi connectivity index (χ4n) is 6.73. The number of carbonyl (C=O) groups is 2. The molecule has 0 saturated carbocycles. The lowest BCUT2D eigenvalue weighted by Crippen LogP contribution is -2.59. The molecule has 0 amide bonds. The molecule has 1 aliphatic rings. The van der Waals surface area contributed by atoms with Crippen LogP contribution in [0.1, 0.15) is 194 Å². The Morgan fingerprint density at radius 1 is 0.545 bits per heavy atom. The third kappa shape index (κ3) is 28.3. The predicted molar refractivity (Wildman–Crippen MR) is 219 cm³/mol. The molecule has 0 aromatic rings. The summed E-state index contributed by atoms with van der Waals surface area (Å²) in [5, 5.41) is 40.0. The van der Waals surface area contributed by atoms with E-state index in [0.29, 0.717) is 12.8 Å². The molecule has 0 bridgehead atoms. The molecular formula is C45H82O10. The molecule has 322 valence electrons. The Morgan fingerprint density at radius 2 is 1.00 bits per heavy atom. The molecule has 4 N–H and O–H groups in total. The van der Waals surface area contributed by atoms with Gasteiger partial charge in [0, 0.05) is 12.8 Å². The van der Waals surface area contributed by atoms with Crippen LogP contribution in [0.2, 0.25) is 0 Å². The lowest BCUT2D eigenvalue weighted by molar-refractivity contribution is -0.305. The Hall–Kier alpha value is -1.82. The maximum absolute atomic E-state index is 12.7. The number of hydrogen-bond acceptors (Lipinski definition) is 10. The molecule has 1 rings (SSSR count). The number of unbranched alkanes of at least 4 members (excludes halogenated alkanes) is 22. The van der Waals surface area contributed by atoms with Crippen LogP contribution in [-0.2, 0) is 28.5 Å². The van der Waals surface area contributed by atoms with E-state index in [1.807, 2.05) is 6.08 Å². The summed E-state index contributed by atoms with van der Waals surface area (Å²) in [7, 11) is 0. The largest absolute Gasteiger partial charge is 0.462 e. The van der Waals surface area contributed by atoms with Gasteiger partial charge in [-0.2, -0.15) is 0 Å². The van der Waals surface area contributed by atoms with Gasteiger partial charge < -0.3 is 39.4 Å². The van der Waals surface area contributed by atoms with Crippen molar-refractivity contribution in [2.45, 2.75) is 230 Å². The molecule has 0 aromatic carbocycles. The smallest absolute Gasteiger partial charge is 0.306 e. The highest BCUT2D eigenvalue weighted by Gasteiger charge is 2.44. The predicted octanol–water partition coefficient (Wildman–Crippen LogP) is 9.33. The molecule has 0 aromatic heterocycles. The number of esters is 2. The van der Waals surface area contributed by atoms with Gasteiger partial charge in [0.2, 0.25) is 0 Å². The second-order valence-electron chi connectivity index (χ2n) is 15.5. The fourth-order valence-corrected chi connectivity index (χ4v) is 6.73. The standard InChI is InChI=1S/C45H82O10/c1-3-5-7-9-11-13-15-17-19-21-23-25-27-29-31-33-40(47)52-36-38(37-53-45-44(51)43(50)42(49)39(35-46)55-45)54-41(48)34-32-30-28-26-24-22-20-18-16-14-12-10-8-6-4-2/h21,23,28,30,38-39,42-46,49-51H,3-20,22,24-27,29,31-37H2,1-2H3/b23-21+,30-28+/t38-,39-,42+,43?,44?,45-/m0/s1. The van der Waals surface area contributed by atoms with Crippen LogP contribution in [-0.4, -0.2) is 89.0 Å². The van der Waals surface area contributed by atoms with Crippen LogP contribution < -0.4 is 0 Å². The van der Waals surface area contributed by atoms with Crippen LogP contribution >= 0.6 is 0 Å². The molecule has 1 aliphatic heterocycles. The summed E-state index contributed by atoms with van der Waals surface area (Å²) in [6.07, 6.45) is 32.0. The van der Waals surface area contributed by atoms with Crippen molar-refractivity contribution in [1.29, 1.82) is 0 Å². The highest BCUT2D eigenvalue weighted by atomic mass is 16.7. The van der Waals surface area contributed by atoms with Crippen molar-refractivity contribution in [3.8, 4) is 0 Å². The average Bonchev–Trinajstić information content (AvgIpc) is 3.18. The normalized spacial score (nSPS) is 20.7. The molecule has 0 aliphatic carbocycles. The SMILES string of the molecule is CCCCCCCCCC/C=C/CCCCCC(=O)OC[C@@H](CO[C@H]1O[C@@H](CO)[C@@H](O)C(O)C1O)OC(=O)CC/C=C/CCCCCCCCCCCCC. The van der Waals surface area contributed by atoms with Gasteiger partial charge in [-0.1, -0.05) is 154 Å². The van der Waals surface area contributed by atoms with Crippen molar-refractivity contribution < 1.29 is 49.0 Å². The number of ether oxygens (including phenoxy) is 4. The summed E-state index contributed by atoms with van der Waals surface area (Å²) in [5.41, 5.74) is 0. The van der Waals surface area contributed by atoms with Crippen molar-refractivity contribution in [1.82, 2.24) is 0 Å². The Bertz CT molecular complexity index is 954. The van der Waals surface area contributed by atoms with Gasteiger partial charge in [-0.25, -0.2) is 0 Å². The van der Waals surface area contributed by atoms with Crippen molar-refractivity contribution in [2.24, 2.45) is 0 Å². The maximum Gasteiger partial charge on any atom is 0.306 e. The summed E-state index contributed by atoms with van der Waals surface area (Å²) in [4.78, 5) is 25.3. The first kappa shape index (κ1) is 51.2. The number of aliphatic hydroxyl groups excluding tert-OH is 4. The molecule has 1 saturated heterocycles. The maximum atomic E-state index is 12.7. The van der Waals surface area contributed by atoms with E-state index in [0.717, 1.165) is 38.5 Å². The Balaban J connectivity index is 2.36. The minimum atomic E-state index is -1.60. The van der Waals surface area contributed by atoms with E-state index in [1.54, 1.807) is 0 Å². The van der Waals surface area contributed by atoms with Crippen molar-refractivity contribution in [3.05, 3.63) is 24.3 Å². The number of rotatable bonds is 37. The minimum absolute atomic E-state index is 0.146. The lowest BCUT2D eigenvalue weighted by atomic mass is 9.99. The van der Waals surface area contributed by atoms with Crippen molar-refractivity contribution in [3.63, 3.8) is 0 Å². The number of allylic oxidation sites excluding steroid dienone is 4. The van der Waals surface area contributed by atoms with Crippen molar-refractivity contribution >= 4 is 11.9 Å². The molecule has 0 spiro atoms. The van der Waals surface area contributed by atoms with Crippen LogP contribution in [0, 0.1) is 0 Å². The minimum Gasteiger partial charge on any atom is -0.462 e. The second kappa shape index (κ2) is 36.5. The Kier molecular flexibility index (Phi) is 34.0. The van der Waals surface area contributed by atoms with Gasteiger partial charge >= 0.3 is 11.9 Å². The zero-order valence-electron chi connectivity index (χ0n) is 34.9. The lowest BCUT2D eigenvalue weighted by Gasteiger charge is -2.39. The van der Waals surface area contributed by atoms with Crippen LogP contribution in [0.4, 0.5) is 0 Å². The summed E-state index contributed by atoms with van der Waals surface area (Å²) in [6.45, 7) is 3.38. The highest BCUT2D eigenvalue weighted by Crippen LogP contribution is 2.22. The van der Waals surface area contributed by atoms with E-state index >= 15 is 0 Å². The van der Waals surface area contributed by atoms with E-state index in [4.69, 9.17) is 18.9 Å². The van der Waals surface area contributed by atoms with E-state index in [9.17, 15) is 30.0 Å². The van der Waals surface area contributed by atoms with Gasteiger partial charge in [-0.3, -0.25) is 9.59 Å². The van der Waals surface area contributed by atoms with Gasteiger partial charge in [-0.05, 0) is 51.4 Å². The summed E-state index contributed by atoms with van der Waals surface area (Å²) in [5.74, 6) is -0.877. The third-order valence-electron chi connectivity index (χ3n) is 10.3. The molecule has 6 atom stereocenters. The van der Waals surface area contributed by atoms with Gasteiger partial charge in [0.15, 0.2) is 12.4 Å². The van der Waals surface area contributed by atoms with E-state index in [1.165, 1.54) is 116 Å². The van der Waals surface area contributed by atoms with Crippen LogP contribution in [0.25, 0.3) is 0 Å². The molecule has 1 fully saturated rings. The zero-order chi connectivity index (χ0) is 40.2. The summed E-state index contributed by atoms with van der Waals surface area (Å²) < 4.78 is 22.1. The first-order valence-electron chi connectivity index (χ1n) is 22.4. The van der Waals surface area contributed by atoms with Crippen LogP contribution in [0.15, 0.2) is 24.3 Å². The zero-order valence-corrected chi connectivity index (χ0v) is 34.9. The highest BCUT2D eigenvalue weighted by molar-refractivity contribution is 5.70. The molecule has 55 heavy (non-hydrogen) atoms. The number of hydrogen-bond donors (Lipinski definition) is 4. The van der Waals surface area contributed by atoms with Gasteiger partial charge in [0.05, 0.1) is 13.2 Å². The topological polar surface area (TPSA) is 152 Å². The fraction of sp³-hybridized carbons (Fsp3) is 0.867. The first-order chi connectivity index (χ1) is 26.8. The van der Waals surface area contributed by atoms with Gasteiger partial charge in [-0.15, -0.1) is 0 Å². The van der Waals surface area contributed by atoms with E-state index < -0.39 is 55.4 Å². The summed E-state index contributed by atoms with van der Waals surface area (Å²) in [6, 6.07) is 0. The summed E-state index contributed by atoms with van der Waals surface area (Å²) >= 11 is 0. The quantitative estimate of drug-likeness (QED) is 0.0273. The Labute approximate surface area is 334 Å². The van der Waals surface area contributed by atoms with E-state index in [-0.39, 0.29) is 26.1 Å². The molecule has 10 nitrogen and oxygen atoms in total. The molecule has 0 radical (unpaired) electrons. The van der Waals surface area contributed by atoms with Crippen molar-refractivity contribution in [2.75, 3.05) is 19.8 Å². The Morgan fingerprint density at radius 3 is 1.49 bits per heavy atom.